The minimum atomic E-state index is -0.391. The zero-order valence-corrected chi connectivity index (χ0v) is 15.8. The fourth-order valence-electron chi connectivity index (χ4n) is 2.98. The first kappa shape index (κ1) is 18.2. The van der Waals surface area contributed by atoms with Crippen molar-refractivity contribution in [2.24, 2.45) is 0 Å². The van der Waals surface area contributed by atoms with Gasteiger partial charge >= 0.3 is 0 Å². The molecular weight excluding hydrogens is 399 g/mol. The van der Waals surface area contributed by atoms with Gasteiger partial charge in [-0.1, -0.05) is 41.4 Å². The Morgan fingerprint density at radius 1 is 0.786 bits per heavy atom. The van der Waals surface area contributed by atoms with Crippen LogP contribution in [0.2, 0.25) is 10.0 Å². The number of hydrogen-bond acceptors (Lipinski definition) is 3. The smallest absolute Gasteiger partial charge is 0.266 e. The van der Waals surface area contributed by atoms with Gasteiger partial charge in [-0.3, -0.25) is 14.4 Å². The van der Waals surface area contributed by atoms with Crippen molar-refractivity contribution in [2.75, 3.05) is 10.2 Å². The van der Waals surface area contributed by atoms with E-state index >= 15 is 0 Å². The third kappa shape index (κ3) is 3.05. The van der Waals surface area contributed by atoms with Crippen LogP contribution >= 0.6 is 23.2 Å². The Bertz CT molecular complexity index is 1090. The van der Waals surface area contributed by atoms with E-state index in [1.165, 1.54) is 12.1 Å². The van der Waals surface area contributed by atoms with Gasteiger partial charge in [-0.25, -0.2) is 4.90 Å². The van der Waals surface area contributed by atoms with E-state index in [1.807, 2.05) is 0 Å². The second-order valence-corrected chi connectivity index (χ2v) is 6.88. The van der Waals surface area contributed by atoms with E-state index in [2.05, 4.69) is 5.32 Å². The minimum absolute atomic E-state index is 0.250. The van der Waals surface area contributed by atoms with Crippen LogP contribution in [0.15, 0.2) is 66.7 Å². The van der Waals surface area contributed by atoms with Crippen LogP contribution in [-0.2, 0) is 0 Å². The maximum absolute atomic E-state index is 12.5. The third-order valence-electron chi connectivity index (χ3n) is 4.38. The van der Waals surface area contributed by atoms with Gasteiger partial charge in [0.2, 0.25) is 0 Å². The Morgan fingerprint density at radius 2 is 1.39 bits per heavy atom. The van der Waals surface area contributed by atoms with Crippen LogP contribution in [0, 0.1) is 0 Å². The first-order valence-electron chi connectivity index (χ1n) is 8.30. The summed E-state index contributed by atoms with van der Waals surface area (Å²) in [5.74, 6) is -1.16. The number of nitrogens with one attached hydrogen (secondary N) is 1. The molecule has 0 aromatic heterocycles. The summed E-state index contributed by atoms with van der Waals surface area (Å²) >= 11 is 12.0. The molecule has 0 fully saturated rings. The van der Waals surface area contributed by atoms with Crippen LogP contribution in [0.4, 0.5) is 11.4 Å². The number of hydrogen-bond donors (Lipinski definition) is 1. The molecule has 3 aromatic carbocycles. The summed E-state index contributed by atoms with van der Waals surface area (Å²) in [6.45, 7) is 0. The lowest BCUT2D eigenvalue weighted by Gasteiger charge is -2.14. The molecule has 5 nitrogen and oxygen atoms in total. The van der Waals surface area contributed by atoms with Gasteiger partial charge in [0, 0.05) is 5.56 Å². The fraction of sp³-hybridized carbons (Fsp3) is 0. The molecule has 0 atom stereocenters. The predicted octanol–water partition coefficient (Wildman–Crippen LogP) is 5.05. The highest BCUT2D eigenvalue weighted by Crippen LogP contribution is 2.31. The normalized spacial score (nSPS) is 12.9. The number of carbonyl (C=O) groups is 3. The first-order valence-corrected chi connectivity index (χ1v) is 9.06. The molecule has 138 valence electrons. The molecule has 7 heteroatoms. The number of imide groups is 1. The molecule has 1 N–H and O–H groups in total. The van der Waals surface area contributed by atoms with Gasteiger partial charge < -0.3 is 5.32 Å². The Balaban J connectivity index is 1.56. The average Bonchev–Trinajstić information content (AvgIpc) is 2.96. The van der Waals surface area contributed by atoms with Gasteiger partial charge in [0.15, 0.2) is 0 Å². The van der Waals surface area contributed by atoms with E-state index in [9.17, 15) is 14.4 Å². The summed E-state index contributed by atoms with van der Waals surface area (Å²) in [6.07, 6.45) is 0. The topological polar surface area (TPSA) is 66.5 Å². The van der Waals surface area contributed by atoms with E-state index < -0.39 is 5.91 Å². The summed E-state index contributed by atoms with van der Waals surface area (Å²) in [4.78, 5) is 38.6. The van der Waals surface area contributed by atoms with Crippen LogP contribution in [0.25, 0.3) is 0 Å². The van der Waals surface area contributed by atoms with Crippen molar-refractivity contribution in [1.29, 1.82) is 0 Å². The third-order valence-corrected chi connectivity index (χ3v) is 5.20. The Morgan fingerprint density at radius 3 is 2.00 bits per heavy atom. The predicted molar refractivity (Wildman–Crippen MR) is 108 cm³/mol. The molecule has 28 heavy (non-hydrogen) atoms. The second-order valence-electron chi connectivity index (χ2n) is 6.09. The molecule has 3 amide bonds. The van der Waals surface area contributed by atoms with Crippen molar-refractivity contribution in [1.82, 2.24) is 0 Å². The maximum Gasteiger partial charge on any atom is 0.266 e. The van der Waals surface area contributed by atoms with Crippen molar-refractivity contribution in [3.63, 3.8) is 0 Å². The first-order chi connectivity index (χ1) is 13.5. The highest BCUT2D eigenvalue weighted by Gasteiger charge is 2.36. The number of fused-ring (bicyclic) bond motifs is 1. The molecule has 1 aliphatic rings. The Labute approximate surface area is 170 Å². The van der Waals surface area contributed by atoms with Gasteiger partial charge in [0.1, 0.15) is 0 Å². The summed E-state index contributed by atoms with van der Waals surface area (Å²) in [5.41, 5.74) is 1.86. The van der Waals surface area contributed by atoms with Crippen molar-refractivity contribution in [3.05, 3.63) is 93.5 Å². The number of halogens is 2. The van der Waals surface area contributed by atoms with E-state index in [0.717, 1.165) is 4.90 Å². The molecule has 3 aromatic rings. The Kier molecular flexibility index (Phi) is 4.63. The highest BCUT2D eigenvalue weighted by molar-refractivity contribution is 6.44. The lowest BCUT2D eigenvalue weighted by Crippen LogP contribution is -2.29. The number of carbonyl (C=O) groups excluding carboxylic acids is 3. The molecule has 1 aliphatic heterocycles. The molecule has 1 heterocycles. The minimum Gasteiger partial charge on any atom is -0.321 e. The van der Waals surface area contributed by atoms with Gasteiger partial charge in [-0.05, 0) is 48.5 Å². The van der Waals surface area contributed by atoms with Gasteiger partial charge in [-0.2, -0.15) is 0 Å². The monoisotopic (exact) mass is 410 g/mol. The van der Waals surface area contributed by atoms with E-state index in [4.69, 9.17) is 23.2 Å². The second kappa shape index (κ2) is 7.11. The number of rotatable bonds is 3. The zero-order valence-electron chi connectivity index (χ0n) is 14.3. The average molecular weight is 411 g/mol. The molecule has 0 bridgehead atoms. The summed E-state index contributed by atoms with van der Waals surface area (Å²) < 4.78 is 0. The molecule has 4 rings (SSSR count). The van der Waals surface area contributed by atoms with Crippen molar-refractivity contribution >= 4 is 52.3 Å². The van der Waals surface area contributed by atoms with E-state index in [1.54, 1.807) is 54.6 Å². The lowest BCUT2D eigenvalue weighted by atomic mass is 10.1. The van der Waals surface area contributed by atoms with E-state index in [-0.39, 0.29) is 16.8 Å². The van der Waals surface area contributed by atoms with Crippen LogP contribution in [-0.4, -0.2) is 17.7 Å². The van der Waals surface area contributed by atoms with Crippen LogP contribution < -0.4 is 10.2 Å². The number of benzene rings is 3. The van der Waals surface area contributed by atoms with Crippen LogP contribution in [0.1, 0.15) is 31.1 Å². The number of amides is 3. The maximum atomic E-state index is 12.5. The van der Waals surface area contributed by atoms with Gasteiger partial charge in [0.05, 0.1) is 32.5 Å². The molecule has 0 saturated heterocycles. The fourth-order valence-corrected chi connectivity index (χ4v) is 3.33. The van der Waals surface area contributed by atoms with Crippen molar-refractivity contribution in [3.8, 4) is 0 Å². The zero-order chi connectivity index (χ0) is 19.8. The summed E-state index contributed by atoms with van der Waals surface area (Å²) in [5, 5.41) is 3.27. The molecule has 0 spiro atoms. The SMILES string of the molecule is O=C(Nc1cccc(Cl)c1Cl)c1ccc(N2C(=O)c3ccccc3C2=O)cc1. The molecular formula is C21H12Cl2N2O3. The van der Waals surface area contributed by atoms with Crippen LogP contribution in [0.5, 0.6) is 0 Å². The molecule has 0 aliphatic carbocycles. The van der Waals surface area contributed by atoms with E-state index in [0.29, 0.717) is 33.1 Å². The number of nitrogens with zero attached hydrogens (tertiary/aromatic N) is 1. The van der Waals surface area contributed by atoms with Crippen LogP contribution in [0.3, 0.4) is 0 Å². The Hall–Kier alpha value is -3.15. The summed E-state index contributed by atoms with van der Waals surface area (Å²) in [6, 6.07) is 17.8. The molecule has 0 saturated carbocycles. The summed E-state index contributed by atoms with van der Waals surface area (Å²) in [7, 11) is 0. The van der Waals surface area contributed by atoms with Crippen molar-refractivity contribution < 1.29 is 14.4 Å². The largest absolute Gasteiger partial charge is 0.321 e. The quantitative estimate of drug-likeness (QED) is 0.614. The standard InChI is InChI=1S/C21H12Cl2N2O3/c22-16-6-3-7-17(18(16)23)24-19(26)12-8-10-13(11-9-12)25-20(27)14-4-1-2-5-15(14)21(25)28/h1-11H,(H,24,26). The van der Waals surface area contributed by atoms with Crippen molar-refractivity contribution in [2.45, 2.75) is 0 Å². The molecule has 0 radical (unpaired) electrons. The van der Waals surface area contributed by atoms with Gasteiger partial charge in [0.25, 0.3) is 17.7 Å². The molecule has 0 unspecified atom stereocenters. The van der Waals surface area contributed by atoms with Gasteiger partial charge in [-0.15, -0.1) is 0 Å². The lowest BCUT2D eigenvalue weighted by molar-refractivity contribution is 0.0925. The number of anilines is 2. The highest BCUT2D eigenvalue weighted by atomic mass is 35.5.